The number of aryl methyl sites for hydroxylation is 1. The van der Waals surface area contributed by atoms with Gasteiger partial charge in [0.1, 0.15) is 17.4 Å². The molecule has 0 atom stereocenters. The average Bonchev–Trinajstić information content (AvgIpc) is 2.61. The molecule has 2 rings (SSSR count). The van der Waals surface area contributed by atoms with Crippen LogP contribution in [0, 0.1) is 18.3 Å². The number of nitrogens with one attached hydrogen (secondary N) is 1. The van der Waals surface area contributed by atoms with E-state index in [1.807, 2.05) is 72.7 Å². The molecule has 2 N–H and O–H groups in total. The van der Waals surface area contributed by atoms with Gasteiger partial charge in [0.2, 0.25) is 0 Å². The maximum absolute atomic E-state index is 12.8. The Hall–Kier alpha value is -2.77. The van der Waals surface area contributed by atoms with Crippen LogP contribution in [0.4, 0.5) is 5.69 Å². The fourth-order valence-corrected chi connectivity index (χ4v) is 3.44. The van der Waals surface area contributed by atoms with Gasteiger partial charge in [-0.25, -0.2) is 0 Å². The van der Waals surface area contributed by atoms with Crippen LogP contribution in [0.2, 0.25) is 5.02 Å². The number of benzene rings is 2. The van der Waals surface area contributed by atoms with Gasteiger partial charge in [-0.3, -0.25) is 4.79 Å². The average molecular weight is 425 g/mol. The van der Waals surface area contributed by atoms with Crippen LogP contribution in [0.25, 0.3) is 6.08 Å². The van der Waals surface area contributed by atoms with Crippen LogP contribution in [-0.4, -0.2) is 11.0 Å². The van der Waals surface area contributed by atoms with Crippen molar-refractivity contribution in [3.63, 3.8) is 0 Å². The number of nitriles is 1. The smallest absolute Gasteiger partial charge is 0.266 e. The van der Waals surface area contributed by atoms with Crippen molar-refractivity contribution in [2.45, 2.75) is 59.3 Å². The first-order chi connectivity index (χ1) is 13.8. The zero-order valence-electron chi connectivity index (χ0n) is 18.6. The lowest BCUT2D eigenvalue weighted by atomic mass is 9.78. The number of aromatic hydroxyl groups is 1. The van der Waals surface area contributed by atoms with Gasteiger partial charge in [0.15, 0.2) is 0 Å². The summed E-state index contributed by atoms with van der Waals surface area (Å²) in [6.07, 6.45) is 1.55. The number of carbonyl (C=O) groups excluding carboxylic acids is 1. The summed E-state index contributed by atoms with van der Waals surface area (Å²) >= 11 is 6.20. The van der Waals surface area contributed by atoms with E-state index in [-0.39, 0.29) is 22.2 Å². The van der Waals surface area contributed by atoms with Crippen molar-refractivity contribution < 1.29 is 9.90 Å². The first-order valence-corrected chi connectivity index (χ1v) is 10.2. The molecule has 2 aromatic rings. The van der Waals surface area contributed by atoms with Crippen LogP contribution in [0.3, 0.4) is 0 Å². The molecule has 0 saturated heterocycles. The van der Waals surface area contributed by atoms with Crippen LogP contribution in [0.5, 0.6) is 5.75 Å². The van der Waals surface area contributed by atoms with E-state index in [4.69, 9.17) is 11.6 Å². The van der Waals surface area contributed by atoms with Crippen molar-refractivity contribution in [3.05, 3.63) is 63.2 Å². The number of anilines is 1. The van der Waals surface area contributed by atoms with Crippen molar-refractivity contribution in [3.8, 4) is 11.8 Å². The summed E-state index contributed by atoms with van der Waals surface area (Å²) in [5.41, 5.74) is 2.85. The Labute approximate surface area is 184 Å². The van der Waals surface area contributed by atoms with E-state index in [9.17, 15) is 15.2 Å². The van der Waals surface area contributed by atoms with Crippen LogP contribution < -0.4 is 5.32 Å². The SMILES string of the molecule is Cc1cccc(Cl)c1NC(=O)/C(C#N)=C/c1cc(C(C)(C)C)c(O)c(C(C)(C)C)c1. The number of phenols is 1. The second kappa shape index (κ2) is 8.53. The molecule has 0 unspecified atom stereocenters. The lowest BCUT2D eigenvalue weighted by Gasteiger charge is -2.28. The second-order valence-corrected chi connectivity index (χ2v) is 9.93. The van der Waals surface area contributed by atoms with Crippen molar-refractivity contribution >= 4 is 29.3 Å². The lowest BCUT2D eigenvalue weighted by molar-refractivity contribution is -0.112. The third kappa shape index (κ3) is 5.23. The summed E-state index contributed by atoms with van der Waals surface area (Å²) in [6, 6.07) is 11.0. The molecule has 0 spiro atoms. The van der Waals surface area contributed by atoms with Gasteiger partial charge in [0, 0.05) is 11.1 Å². The number of hydrogen-bond acceptors (Lipinski definition) is 3. The molecule has 0 radical (unpaired) electrons. The summed E-state index contributed by atoms with van der Waals surface area (Å²) < 4.78 is 0. The highest BCUT2D eigenvalue weighted by molar-refractivity contribution is 6.34. The molecule has 0 aromatic heterocycles. The fourth-order valence-electron chi connectivity index (χ4n) is 3.17. The molecule has 0 saturated carbocycles. The van der Waals surface area contributed by atoms with Gasteiger partial charge < -0.3 is 10.4 Å². The molecule has 4 nitrogen and oxygen atoms in total. The molecular weight excluding hydrogens is 396 g/mol. The highest BCUT2D eigenvalue weighted by Gasteiger charge is 2.26. The molecule has 30 heavy (non-hydrogen) atoms. The number of amides is 1. The Balaban J connectivity index is 2.56. The van der Waals surface area contributed by atoms with Crippen molar-refractivity contribution in [2.24, 2.45) is 0 Å². The van der Waals surface area contributed by atoms with Crippen LogP contribution in [0.15, 0.2) is 35.9 Å². The topological polar surface area (TPSA) is 73.1 Å². The van der Waals surface area contributed by atoms with Crippen molar-refractivity contribution in [1.82, 2.24) is 0 Å². The summed E-state index contributed by atoms with van der Waals surface area (Å²) in [5, 5.41) is 23.6. The first kappa shape index (κ1) is 23.5. The van der Waals surface area contributed by atoms with E-state index in [0.29, 0.717) is 16.3 Å². The standard InChI is InChI=1S/C25H29ClN2O2/c1-15-9-8-10-20(26)21(15)28-23(30)17(14-27)11-16-12-18(24(2,3)4)22(29)19(13-16)25(5,6)7/h8-13,29H,1-7H3,(H,28,30)/b17-11+. The molecule has 0 aliphatic rings. The van der Waals surface area contributed by atoms with E-state index in [0.717, 1.165) is 16.7 Å². The number of carbonyl (C=O) groups is 1. The van der Waals surface area contributed by atoms with Gasteiger partial charge in [-0.05, 0) is 53.2 Å². The predicted molar refractivity (Wildman–Crippen MR) is 124 cm³/mol. The van der Waals surface area contributed by atoms with Crippen LogP contribution >= 0.6 is 11.6 Å². The molecule has 1 amide bonds. The third-order valence-corrected chi connectivity index (χ3v) is 5.20. The van der Waals surface area contributed by atoms with Gasteiger partial charge in [-0.1, -0.05) is 65.3 Å². The van der Waals surface area contributed by atoms with Crippen molar-refractivity contribution in [2.75, 3.05) is 5.32 Å². The van der Waals surface area contributed by atoms with Gasteiger partial charge >= 0.3 is 0 Å². The van der Waals surface area contributed by atoms with Gasteiger partial charge in [0.25, 0.3) is 5.91 Å². The minimum atomic E-state index is -0.531. The predicted octanol–water partition coefficient (Wildman–Crippen LogP) is 6.49. The Morgan fingerprint density at radius 2 is 1.63 bits per heavy atom. The summed E-state index contributed by atoms with van der Waals surface area (Å²) in [5.74, 6) is -0.279. The van der Waals surface area contributed by atoms with E-state index in [1.165, 1.54) is 0 Å². The van der Waals surface area contributed by atoms with E-state index in [1.54, 1.807) is 18.2 Å². The quantitative estimate of drug-likeness (QED) is 0.436. The Morgan fingerprint density at radius 1 is 1.10 bits per heavy atom. The molecule has 0 heterocycles. The van der Waals surface area contributed by atoms with Gasteiger partial charge in [-0.15, -0.1) is 0 Å². The largest absolute Gasteiger partial charge is 0.507 e. The number of halogens is 1. The number of para-hydroxylation sites is 1. The summed E-state index contributed by atoms with van der Waals surface area (Å²) in [7, 11) is 0. The zero-order chi connectivity index (χ0) is 22.9. The number of hydrogen-bond donors (Lipinski definition) is 2. The maximum Gasteiger partial charge on any atom is 0.266 e. The first-order valence-electron chi connectivity index (χ1n) is 9.82. The summed E-state index contributed by atoms with van der Waals surface area (Å²) in [6.45, 7) is 13.9. The summed E-state index contributed by atoms with van der Waals surface area (Å²) in [4.78, 5) is 12.8. The highest BCUT2D eigenvalue weighted by Crippen LogP contribution is 2.40. The third-order valence-electron chi connectivity index (χ3n) is 4.88. The fraction of sp³-hybridized carbons (Fsp3) is 0.360. The zero-order valence-corrected chi connectivity index (χ0v) is 19.4. The molecule has 158 valence electrons. The molecule has 0 bridgehead atoms. The van der Waals surface area contributed by atoms with E-state index >= 15 is 0 Å². The number of rotatable bonds is 3. The molecule has 2 aromatic carbocycles. The highest BCUT2D eigenvalue weighted by atomic mass is 35.5. The van der Waals surface area contributed by atoms with E-state index < -0.39 is 5.91 Å². The minimum Gasteiger partial charge on any atom is -0.507 e. The Morgan fingerprint density at radius 3 is 2.07 bits per heavy atom. The minimum absolute atomic E-state index is 0.0419. The molecular formula is C25H29ClN2O2. The molecule has 0 aliphatic heterocycles. The second-order valence-electron chi connectivity index (χ2n) is 9.52. The van der Waals surface area contributed by atoms with E-state index in [2.05, 4.69) is 5.32 Å². The maximum atomic E-state index is 12.8. The van der Waals surface area contributed by atoms with Crippen LogP contribution in [0.1, 0.15) is 63.8 Å². The normalized spacial score (nSPS) is 12.4. The van der Waals surface area contributed by atoms with Gasteiger partial charge in [-0.2, -0.15) is 5.26 Å². The Kier molecular flexibility index (Phi) is 6.69. The Bertz CT molecular complexity index is 993. The van der Waals surface area contributed by atoms with Gasteiger partial charge in [0.05, 0.1) is 10.7 Å². The monoisotopic (exact) mass is 424 g/mol. The molecule has 0 fully saturated rings. The molecule has 0 aliphatic carbocycles. The lowest BCUT2D eigenvalue weighted by Crippen LogP contribution is -2.18. The van der Waals surface area contributed by atoms with Crippen molar-refractivity contribution in [1.29, 1.82) is 5.26 Å². The molecule has 5 heteroatoms. The number of nitrogens with zero attached hydrogens (tertiary/aromatic N) is 1. The van der Waals surface area contributed by atoms with Crippen LogP contribution in [-0.2, 0) is 15.6 Å². The number of phenolic OH excluding ortho intramolecular Hbond substituents is 1.